The van der Waals surface area contributed by atoms with Crippen molar-refractivity contribution in [3.63, 3.8) is 0 Å². The molecule has 0 atom stereocenters. The maximum Gasteiger partial charge on any atom is 0.0669 e. The SMILES string of the molecule is CN(C)CCc1c(CC#N)ccc2ccccc12. The van der Waals surface area contributed by atoms with Crippen molar-refractivity contribution in [1.29, 1.82) is 5.26 Å². The summed E-state index contributed by atoms with van der Waals surface area (Å²) in [6, 6.07) is 14.9. The van der Waals surface area contributed by atoms with Gasteiger partial charge in [0.15, 0.2) is 0 Å². The molecule has 2 aromatic rings. The Morgan fingerprint density at radius 3 is 2.61 bits per heavy atom. The lowest BCUT2D eigenvalue weighted by Crippen LogP contribution is -2.16. The number of hydrogen-bond acceptors (Lipinski definition) is 2. The van der Waals surface area contributed by atoms with E-state index in [4.69, 9.17) is 5.26 Å². The first kappa shape index (κ1) is 12.6. The van der Waals surface area contributed by atoms with E-state index in [-0.39, 0.29) is 0 Å². The van der Waals surface area contributed by atoms with Gasteiger partial charge < -0.3 is 4.90 Å². The molecular formula is C16H18N2. The van der Waals surface area contributed by atoms with Crippen LogP contribution in [0.3, 0.4) is 0 Å². The lowest BCUT2D eigenvalue weighted by atomic mass is 9.95. The first-order valence-corrected chi connectivity index (χ1v) is 6.23. The highest BCUT2D eigenvalue weighted by molar-refractivity contribution is 5.86. The Balaban J connectivity index is 2.49. The van der Waals surface area contributed by atoms with E-state index in [1.165, 1.54) is 16.3 Å². The van der Waals surface area contributed by atoms with Gasteiger partial charge in [0.25, 0.3) is 0 Å². The molecule has 92 valence electrons. The zero-order chi connectivity index (χ0) is 13.0. The molecule has 0 N–H and O–H groups in total. The summed E-state index contributed by atoms with van der Waals surface area (Å²) in [5.41, 5.74) is 2.49. The normalized spacial score (nSPS) is 10.8. The maximum absolute atomic E-state index is 8.93. The Hall–Kier alpha value is -1.85. The molecule has 0 aromatic heterocycles. The second kappa shape index (κ2) is 5.66. The van der Waals surface area contributed by atoms with E-state index < -0.39 is 0 Å². The molecule has 0 amide bonds. The minimum Gasteiger partial charge on any atom is -0.309 e. The second-order valence-electron chi connectivity index (χ2n) is 4.81. The van der Waals surface area contributed by atoms with Gasteiger partial charge in [-0.05, 0) is 42.4 Å². The summed E-state index contributed by atoms with van der Waals surface area (Å²) in [5, 5.41) is 11.5. The zero-order valence-corrected chi connectivity index (χ0v) is 11.0. The lowest BCUT2D eigenvalue weighted by Gasteiger charge is -2.14. The predicted octanol–water partition coefficient (Wildman–Crippen LogP) is 3.01. The Kier molecular flexibility index (Phi) is 3.96. The topological polar surface area (TPSA) is 27.0 Å². The molecule has 2 nitrogen and oxygen atoms in total. The molecular weight excluding hydrogens is 220 g/mol. The van der Waals surface area contributed by atoms with Crippen molar-refractivity contribution in [1.82, 2.24) is 4.90 Å². The van der Waals surface area contributed by atoms with Gasteiger partial charge in [-0.1, -0.05) is 36.4 Å². The van der Waals surface area contributed by atoms with Gasteiger partial charge in [0.2, 0.25) is 0 Å². The Morgan fingerprint density at radius 2 is 1.89 bits per heavy atom. The third-order valence-electron chi connectivity index (χ3n) is 3.22. The number of rotatable bonds is 4. The van der Waals surface area contributed by atoms with E-state index in [1.807, 2.05) is 0 Å². The highest BCUT2D eigenvalue weighted by Gasteiger charge is 2.07. The molecule has 0 aliphatic heterocycles. The summed E-state index contributed by atoms with van der Waals surface area (Å²) >= 11 is 0. The second-order valence-corrected chi connectivity index (χ2v) is 4.81. The van der Waals surface area contributed by atoms with E-state index in [0.717, 1.165) is 18.5 Å². The van der Waals surface area contributed by atoms with Gasteiger partial charge in [-0.25, -0.2) is 0 Å². The molecule has 0 bridgehead atoms. The average molecular weight is 238 g/mol. The third kappa shape index (κ3) is 2.69. The number of nitriles is 1. The number of benzene rings is 2. The standard InChI is InChI=1S/C16H18N2/c1-18(2)12-10-16-14(9-11-17)8-7-13-5-3-4-6-15(13)16/h3-8H,9-10,12H2,1-2H3. The van der Waals surface area contributed by atoms with E-state index in [9.17, 15) is 0 Å². The molecule has 18 heavy (non-hydrogen) atoms. The monoisotopic (exact) mass is 238 g/mol. The Labute approximate surface area is 108 Å². The number of likely N-dealkylation sites (N-methyl/N-ethyl adjacent to an activating group) is 1. The van der Waals surface area contributed by atoms with Gasteiger partial charge in [-0.3, -0.25) is 0 Å². The molecule has 0 spiro atoms. The summed E-state index contributed by atoms with van der Waals surface area (Å²) < 4.78 is 0. The molecule has 0 unspecified atom stereocenters. The molecule has 2 rings (SSSR count). The first-order chi connectivity index (χ1) is 8.72. The molecule has 2 heteroatoms. The van der Waals surface area contributed by atoms with Crippen LogP contribution in [0.5, 0.6) is 0 Å². The van der Waals surface area contributed by atoms with Crippen molar-refractivity contribution in [3.05, 3.63) is 47.5 Å². The number of fused-ring (bicyclic) bond motifs is 1. The van der Waals surface area contributed by atoms with Crippen LogP contribution in [0.1, 0.15) is 11.1 Å². The van der Waals surface area contributed by atoms with Crippen molar-refractivity contribution in [2.75, 3.05) is 20.6 Å². The molecule has 0 heterocycles. The minimum absolute atomic E-state index is 0.494. The predicted molar refractivity (Wildman–Crippen MR) is 75.5 cm³/mol. The summed E-state index contributed by atoms with van der Waals surface area (Å²) in [6.45, 7) is 1.01. The van der Waals surface area contributed by atoms with Gasteiger partial charge in [-0.2, -0.15) is 5.26 Å². The minimum atomic E-state index is 0.494. The number of nitrogens with zero attached hydrogens (tertiary/aromatic N) is 2. The smallest absolute Gasteiger partial charge is 0.0669 e. The summed E-state index contributed by atoms with van der Waals surface area (Å²) in [5.74, 6) is 0. The summed E-state index contributed by atoms with van der Waals surface area (Å²) in [7, 11) is 4.16. The van der Waals surface area contributed by atoms with Crippen LogP contribution in [0.2, 0.25) is 0 Å². The van der Waals surface area contributed by atoms with Crippen molar-refractivity contribution in [2.24, 2.45) is 0 Å². The van der Waals surface area contributed by atoms with E-state index >= 15 is 0 Å². The molecule has 0 aliphatic carbocycles. The first-order valence-electron chi connectivity index (χ1n) is 6.23. The van der Waals surface area contributed by atoms with Crippen LogP contribution in [0, 0.1) is 11.3 Å². The van der Waals surface area contributed by atoms with Gasteiger partial charge in [0.05, 0.1) is 12.5 Å². The summed E-state index contributed by atoms with van der Waals surface area (Å²) in [4.78, 5) is 2.18. The van der Waals surface area contributed by atoms with Gasteiger partial charge in [0.1, 0.15) is 0 Å². The van der Waals surface area contributed by atoms with Crippen LogP contribution in [0.4, 0.5) is 0 Å². The molecule has 0 aliphatic rings. The maximum atomic E-state index is 8.93. The van der Waals surface area contributed by atoms with Crippen molar-refractivity contribution in [3.8, 4) is 6.07 Å². The largest absolute Gasteiger partial charge is 0.309 e. The van der Waals surface area contributed by atoms with Crippen LogP contribution in [0.25, 0.3) is 10.8 Å². The highest BCUT2D eigenvalue weighted by Crippen LogP contribution is 2.23. The number of hydrogen-bond donors (Lipinski definition) is 0. The lowest BCUT2D eigenvalue weighted by molar-refractivity contribution is 0.414. The molecule has 0 saturated heterocycles. The zero-order valence-electron chi connectivity index (χ0n) is 11.0. The fourth-order valence-electron chi connectivity index (χ4n) is 2.26. The van der Waals surface area contributed by atoms with Crippen LogP contribution in [-0.4, -0.2) is 25.5 Å². The Bertz CT molecular complexity index is 579. The molecule has 0 saturated carbocycles. The molecule has 0 fully saturated rings. The van der Waals surface area contributed by atoms with E-state index in [1.54, 1.807) is 0 Å². The van der Waals surface area contributed by atoms with Gasteiger partial charge in [0, 0.05) is 6.54 Å². The van der Waals surface area contributed by atoms with E-state index in [2.05, 4.69) is 61.5 Å². The van der Waals surface area contributed by atoms with Gasteiger partial charge in [-0.15, -0.1) is 0 Å². The van der Waals surface area contributed by atoms with E-state index in [0.29, 0.717) is 6.42 Å². The van der Waals surface area contributed by atoms with Crippen LogP contribution in [-0.2, 0) is 12.8 Å². The molecule has 2 aromatic carbocycles. The van der Waals surface area contributed by atoms with Crippen molar-refractivity contribution in [2.45, 2.75) is 12.8 Å². The van der Waals surface area contributed by atoms with Crippen LogP contribution < -0.4 is 0 Å². The van der Waals surface area contributed by atoms with Crippen molar-refractivity contribution >= 4 is 10.8 Å². The fraction of sp³-hybridized carbons (Fsp3) is 0.312. The molecule has 0 radical (unpaired) electrons. The van der Waals surface area contributed by atoms with Crippen LogP contribution in [0.15, 0.2) is 36.4 Å². The van der Waals surface area contributed by atoms with Crippen molar-refractivity contribution < 1.29 is 0 Å². The van der Waals surface area contributed by atoms with Gasteiger partial charge >= 0.3 is 0 Å². The average Bonchev–Trinajstić information content (AvgIpc) is 2.37. The fourth-order valence-corrected chi connectivity index (χ4v) is 2.26. The third-order valence-corrected chi connectivity index (χ3v) is 3.22. The van der Waals surface area contributed by atoms with Crippen LogP contribution >= 0.6 is 0 Å². The quantitative estimate of drug-likeness (QED) is 0.818. The summed E-state index contributed by atoms with van der Waals surface area (Å²) in [6.07, 6.45) is 1.49. The Morgan fingerprint density at radius 1 is 1.11 bits per heavy atom. The highest BCUT2D eigenvalue weighted by atomic mass is 15.0.